The van der Waals surface area contributed by atoms with Crippen LogP contribution in [0.1, 0.15) is 37.7 Å². The molecule has 2 aromatic rings. The molecule has 1 N–H and O–H groups in total. The Labute approximate surface area is 140 Å². The Morgan fingerprint density at radius 3 is 2.57 bits per heavy atom. The molecule has 1 saturated carbocycles. The molecule has 1 fully saturated rings. The van der Waals surface area contributed by atoms with E-state index in [1.807, 2.05) is 29.6 Å². The van der Waals surface area contributed by atoms with Gasteiger partial charge in [-0.2, -0.15) is 0 Å². The van der Waals surface area contributed by atoms with E-state index in [0.717, 1.165) is 37.7 Å². The highest BCUT2D eigenvalue weighted by atomic mass is 32.2. The summed E-state index contributed by atoms with van der Waals surface area (Å²) in [5, 5.41) is 2.21. The molecule has 23 heavy (non-hydrogen) atoms. The van der Waals surface area contributed by atoms with Crippen molar-refractivity contribution in [3.05, 3.63) is 41.4 Å². The molecule has 0 amide bonds. The number of hydrogen-bond acceptors (Lipinski definition) is 5. The van der Waals surface area contributed by atoms with Gasteiger partial charge in [0.1, 0.15) is 5.75 Å². The van der Waals surface area contributed by atoms with E-state index >= 15 is 0 Å². The molecule has 1 aliphatic rings. The summed E-state index contributed by atoms with van der Waals surface area (Å²) in [6.45, 7) is 0.316. The molecular formula is C16H20N2O3S2. The summed E-state index contributed by atoms with van der Waals surface area (Å²) in [6, 6.07) is 7.38. The van der Waals surface area contributed by atoms with Crippen molar-refractivity contribution in [2.45, 2.75) is 43.9 Å². The Bertz CT molecular complexity index is 706. The third kappa shape index (κ3) is 4.53. The van der Waals surface area contributed by atoms with Crippen LogP contribution in [0.4, 0.5) is 0 Å². The smallest absolute Gasteiger partial charge is 0.278 e. The number of aromatic nitrogens is 1. The minimum absolute atomic E-state index is 0.233. The van der Waals surface area contributed by atoms with Gasteiger partial charge in [0.15, 0.2) is 0 Å². The molecule has 124 valence electrons. The number of benzene rings is 1. The number of ether oxygens (including phenoxy) is 1. The summed E-state index contributed by atoms with van der Waals surface area (Å²) in [7, 11) is -3.22. The van der Waals surface area contributed by atoms with E-state index in [-0.39, 0.29) is 5.25 Å². The fraction of sp³-hybridized carbons (Fsp3) is 0.438. The van der Waals surface area contributed by atoms with Crippen molar-refractivity contribution >= 4 is 21.4 Å². The van der Waals surface area contributed by atoms with Crippen LogP contribution < -0.4 is 9.46 Å². The van der Waals surface area contributed by atoms with Crippen LogP contribution in [0.25, 0.3) is 0 Å². The molecule has 0 radical (unpaired) electrons. The molecule has 1 aromatic carbocycles. The summed E-state index contributed by atoms with van der Waals surface area (Å²) in [5.41, 5.74) is 0.913. The molecule has 0 aliphatic heterocycles. The van der Waals surface area contributed by atoms with Gasteiger partial charge in [0.2, 0.25) is 10.0 Å². The average molecular weight is 352 g/mol. The molecule has 0 unspecified atom stereocenters. The van der Waals surface area contributed by atoms with Gasteiger partial charge in [-0.1, -0.05) is 42.7 Å². The second kappa shape index (κ2) is 7.42. The largest absolute Gasteiger partial charge is 0.431 e. The monoisotopic (exact) mass is 352 g/mol. The molecule has 7 heteroatoms. The zero-order valence-electron chi connectivity index (χ0n) is 12.8. The SMILES string of the molecule is O=S(=O)(NCc1ccc(Oc2nccs2)cc1)C1CCCCC1. The fourth-order valence-electron chi connectivity index (χ4n) is 2.71. The molecular weight excluding hydrogens is 332 g/mol. The molecule has 5 nitrogen and oxygen atoms in total. The lowest BCUT2D eigenvalue weighted by atomic mass is 10.0. The number of sulfonamides is 1. The van der Waals surface area contributed by atoms with Crippen molar-refractivity contribution in [3.8, 4) is 10.9 Å². The van der Waals surface area contributed by atoms with E-state index in [2.05, 4.69) is 9.71 Å². The highest BCUT2D eigenvalue weighted by Gasteiger charge is 2.26. The predicted octanol–water partition coefficient (Wildman–Crippen LogP) is 3.69. The van der Waals surface area contributed by atoms with Crippen LogP contribution in [-0.2, 0) is 16.6 Å². The summed E-state index contributed by atoms with van der Waals surface area (Å²) < 4.78 is 32.9. The molecule has 1 heterocycles. The first kappa shape index (κ1) is 16.4. The highest BCUT2D eigenvalue weighted by Crippen LogP contribution is 2.25. The van der Waals surface area contributed by atoms with Crippen molar-refractivity contribution in [3.63, 3.8) is 0 Å². The number of rotatable bonds is 6. The van der Waals surface area contributed by atoms with Gasteiger partial charge < -0.3 is 4.74 Å². The second-order valence-corrected chi connectivity index (χ2v) is 8.57. The fourth-order valence-corrected chi connectivity index (χ4v) is 4.78. The third-order valence-electron chi connectivity index (χ3n) is 4.01. The lowest BCUT2D eigenvalue weighted by Gasteiger charge is -2.22. The number of hydrogen-bond donors (Lipinski definition) is 1. The van der Waals surface area contributed by atoms with Crippen LogP contribution in [0, 0.1) is 0 Å². The lowest BCUT2D eigenvalue weighted by Crippen LogP contribution is -2.35. The maximum absolute atomic E-state index is 12.3. The van der Waals surface area contributed by atoms with Crippen molar-refractivity contribution in [1.82, 2.24) is 9.71 Å². The van der Waals surface area contributed by atoms with E-state index in [0.29, 0.717) is 17.5 Å². The van der Waals surface area contributed by atoms with E-state index in [9.17, 15) is 8.42 Å². The topological polar surface area (TPSA) is 68.3 Å². The van der Waals surface area contributed by atoms with E-state index < -0.39 is 10.0 Å². The molecule has 3 rings (SSSR count). The lowest BCUT2D eigenvalue weighted by molar-refractivity contribution is 0.477. The van der Waals surface area contributed by atoms with Crippen LogP contribution in [-0.4, -0.2) is 18.7 Å². The summed E-state index contributed by atoms with van der Waals surface area (Å²) in [6.07, 6.45) is 6.40. The van der Waals surface area contributed by atoms with Gasteiger partial charge in [0, 0.05) is 18.1 Å². The minimum Gasteiger partial charge on any atom is -0.431 e. The van der Waals surface area contributed by atoms with Crippen molar-refractivity contribution in [2.24, 2.45) is 0 Å². The molecule has 0 atom stereocenters. The van der Waals surface area contributed by atoms with Crippen molar-refractivity contribution in [1.29, 1.82) is 0 Å². The first-order chi connectivity index (χ1) is 11.1. The number of nitrogens with one attached hydrogen (secondary N) is 1. The second-order valence-electron chi connectivity index (χ2n) is 5.67. The van der Waals surface area contributed by atoms with Crippen LogP contribution in [0.3, 0.4) is 0 Å². The van der Waals surface area contributed by atoms with Crippen LogP contribution >= 0.6 is 11.3 Å². The maximum atomic E-state index is 12.3. The quantitative estimate of drug-likeness (QED) is 0.861. The van der Waals surface area contributed by atoms with Gasteiger partial charge in [-0.25, -0.2) is 18.1 Å². The third-order valence-corrected chi connectivity index (χ3v) is 6.55. The number of nitrogens with zero attached hydrogens (tertiary/aromatic N) is 1. The molecule has 1 aliphatic carbocycles. The Morgan fingerprint density at radius 1 is 1.17 bits per heavy atom. The Hall–Kier alpha value is -1.44. The summed E-state index contributed by atoms with van der Waals surface area (Å²) in [5.74, 6) is 0.693. The van der Waals surface area contributed by atoms with Crippen molar-refractivity contribution < 1.29 is 13.2 Å². The van der Waals surface area contributed by atoms with Crippen molar-refractivity contribution in [2.75, 3.05) is 0 Å². The Balaban J connectivity index is 1.55. The zero-order chi connectivity index (χ0) is 16.1. The van der Waals surface area contributed by atoms with Crippen LogP contribution in [0.5, 0.6) is 10.9 Å². The first-order valence-electron chi connectivity index (χ1n) is 7.78. The van der Waals surface area contributed by atoms with Crippen LogP contribution in [0.15, 0.2) is 35.8 Å². The van der Waals surface area contributed by atoms with Gasteiger partial charge >= 0.3 is 0 Å². The molecule has 0 bridgehead atoms. The highest BCUT2D eigenvalue weighted by molar-refractivity contribution is 7.90. The van der Waals surface area contributed by atoms with Gasteiger partial charge in [-0.15, -0.1) is 0 Å². The molecule has 1 aromatic heterocycles. The van der Waals surface area contributed by atoms with Gasteiger partial charge in [0.05, 0.1) is 5.25 Å². The Morgan fingerprint density at radius 2 is 1.91 bits per heavy atom. The predicted molar refractivity (Wildman–Crippen MR) is 91.3 cm³/mol. The number of thiazole rings is 1. The summed E-state index contributed by atoms with van der Waals surface area (Å²) in [4.78, 5) is 4.06. The standard InChI is InChI=1S/C16H20N2O3S2/c19-23(20,15-4-2-1-3-5-15)18-12-13-6-8-14(9-7-13)21-16-17-10-11-22-16/h6-11,15,18H,1-5,12H2. The van der Waals surface area contributed by atoms with Crippen LogP contribution in [0.2, 0.25) is 0 Å². The maximum Gasteiger partial charge on any atom is 0.278 e. The summed E-state index contributed by atoms with van der Waals surface area (Å²) >= 11 is 1.43. The van der Waals surface area contributed by atoms with E-state index in [1.54, 1.807) is 6.20 Å². The van der Waals surface area contributed by atoms with E-state index in [1.165, 1.54) is 11.3 Å². The van der Waals surface area contributed by atoms with Gasteiger partial charge in [-0.3, -0.25) is 0 Å². The van der Waals surface area contributed by atoms with Gasteiger partial charge in [0.25, 0.3) is 5.19 Å². The molecule has 0 spiro atoms. The van der Waals surface area contributed by atoms with E-state index in [4.69, 9.17) is 4.74 Å². The first-order valence-corrected chi connectivity index (χ1v) is 10.2. The normalized spacial score (nSPS) is 16.3. The van der Waals surface area contributed by atoms with Gasteiger partial charge in [-0.05, 0) is 30.5 Å². The zero-order valence-corrected chi connectivity index (χ0v) is 14.4. The minimum atomic E-state index is -3.22. The Kier molecular flexibility index (Phi) is 5.30. The molecule has 0 saturated heterocycles. The average Bonchev–Trinajstić information content (AvgIpc) is 3.08.